The van der Waals surface area contributed by atoms with Gasteiger partial charge >= 0.3 is 39.5 Å². The summed E-state index contributed by atoms with van der Waals surface area (Å²) in [5, 5.41) is 10.6. The summed E-state index contributed by atoms with van der Waals surface area (Å²) in [5.74, 6) is -0.563. The van der Waals surface area contributed by atoms with Crippen molar-refractivity contribution >= 4 is 39.5 Å². The molecule has 0 aromatic heterocycles. The monoisotopic (exact) mass is 1440 g/mol. The van der Waals surface area contributed by atoms with E-state index in [0.717, 1.165) is 102 Å². The smallest absolute Gasteiger partial charge is 0.462 e. The summed E-state index contributed by atoms with van der Waals surface area (Å²) in [6.07, 6.45) is 59.8. The van der Waals surface area contributed by atoms with Gasteiger partial charge in [0.1, 0.15) is 19.3 Å². The lowest BCUT2D eigenvalue weighted by molar-refractivity contribution is -0.161. The van der Waals surface area contributed by atoms with Crippen LogP contribution in [0, 0.1) is 11.8 Å². The fraction of sp³-hybridized carbons (Fsp3) is 0.949. The number of rotatable bonds is 78. The van der Waals surface area contributed by atoms with Crippen LogP contribution in [0.3, 0.4) is 0 Å². The number of unbranched alkanes of at least 4 members (excludes halogenated alkanes) is 47. The predicted molar refractivity (Wildman–Crippen MR) is 400 cm³/mol. The maximum atomic E-state index is 13.1. The highest BCUT2D eigenvalue weighted by Gasteiger charge is 2.30. The van der Waals surface area contributed by atoms with Crippen LogP contribution in [-0.2, 0) is 65.4 Å². The van der Waals surface area contributed by atoms with Crippen LogP contribution in [0.4, 0.5) is 0 Å². The zero-order valence-electron chi connectivity index (χ0n) is 64.1. The molecule has 0 radical (unpaired) electrons. The molecule has 6 atom stereocenters. The molecule has 582 valence electrons. The van der Waals surface area contributed by atoms with Gasteiger partial charge in [-0.1, -0.05) is 363 Å². The lowest BCUT2D eigenvalue weighted by Gasteiger charge is -2.21. The second-order valence-corrected chi connectivity index (χ2v) is 32.1. The van der Waals surface area contributed by atoms with E-state index in [1.807, 2.05) is 0 Å². The second kappa shape index (κ2) is 70.7. The van der Waals surface area contributed by atoms with E-state index in [4.69, 9.17) is 37.0 Å². The average Bonchev–Trinajstić information content (AvgIpc) is 1.03. The molecule has 0 amide bonds. The lowest BCUT2D eigenvalue weighted by atomic mass is 9.99. The molecule has 0 aliphatic rings. The van der Waals surface area contributed by atoms with Gasteiger partial charge in [-0.05, 0) is 37.5 Å². The first-order valence-corrected chi connectivity index (χ1v) is 44.0. The van der Waals surface area contributed by atoms with Crippen molar-refractivity contribution in [2.75, 3.05) is 39.6 Å². The maximum Gasteiger partial charge on any atom is 0.472 e. The number of carbonyl (C=O) groups is 4. The van der Waals surface area contributed by atoms with Gasteiger partial charge in [-0.25, -0.2) is 9.13 Å². The Kier molecular flexibility index (Phi) is 69.3. The number of hydrogen-bond acceptors (Lipinski definition) is 15. The third-order valence-electron chi connectivity index (χ3n) is 18.8. The van der Waals surface area contributed by atoms with Crippen LogP contribution < -0.4 is 0 Å². The molecule has 0 heterocycles. The highest BCUT2D eigenvalue weighted by Crippen LogP contribution is 2.45. The van der Waals surface area contributed by atoms with Gasteiger partial charge in [0.25, 0.3) is 0 Å². The van der Waals surface area contributed by atoms with Crippen LogP contribution in [0.5, 0.6) is 0 Å². The molecular weight excluding hydrogens is 1280 g/mol. The minimum Gasteiger partial charge on any atom is -0.462 e. The van der Waals surface area contributed by atoms with Crippen LogP contribution in [-0.4, -0.2) is 96.7 Å². The minimum absolute atomic E-state index is 0.106. The fourth-order valence-electron chi connectivity index (χ4n) is 12.2. The quantitative estimate of drug-likeness (QED) is 0.0222. The summed E-state index contributed by atoms with van der Waals surface area (Å²) in [6, 6.07) is 0. The van der Waals surface area contributed by atoms with Crippen molar-refractivity contribution in [3.05, 3.63) is 0 Å². The number of phosphoric acid groups is 2. The van der Waals surface area contributed by atoms with E-state index in [-0.39, 0.29) is 25.7 Å². The predicted octanol–water partition coefficient (Wildman–Crippen LogP) is 23.5. The molecule has 17 nitrogen and oxygen atoms in total. The Morgan fingerprint density at radius 1 is 0.296 bits per heavy atom. The van der Waals surface area contributed by atoms with Gasteiger partial charge < -0.3 is 33.8 Å². The third kappa shape index (κ3) is 71.1. The molecule has 0 bridgehead atoms. The van der Waals surface area contributed by atoms with E-state index in [1.165, 1.54) is 225 Å². The molecule has 0 aromatic rings. The van der Waals surface area contributed by atoms with Crippen molar-refractivity contribution in [2.24, 2.45) is 11.8 Å². The topological polar surface area (TPSA) is 237 Å². The molecule has 0 aliphatic carbocycles. The van der Waals surface area contributed by atoms with Gasteiger partial charge in [-0.2, -0.15) is 0 Å². The molecule has 3 N–H and O–H groups in total. The van der Waals surface area contributed by atoms with E-state index < -0.39 is 97.5 Å². The van der Waals surface area contributed by atoms with Crippen molar-refractivity contribution in [3.63, 3.8) is 0 Å². The Morgan fingerprint density at radius 2 is 0.520 bits per heavy atom. The van der Waals surface area contributed by atoms with E-state index in [0.29, 0.717) is 31.6 Å². The first kappa shape index (κ1) is 96.1. The Balaban J connectivity index is 5.18. The van der Waals surface area contributed by atoms with Crippen molar-refractivity contribution in [2.45, 2.75) is 432 Å². The molecule has 98 heavy (non-hydrogen) atoms. The molecule has 0 aromatic carbocycles. The minimum atomic E-state index is -4.96. The van der Waals surface area contributed by atoms with Crippen LogP contribution >= 0.6 is 15.6 Å². The van der Waals surface area contributed by atoms with E-state index in [1.54, 1.807) is 0 Å². The summed E-state index contributed by atoms with van der Waals surface area (Å²) >= 11 is 0. The number of phosphoric ester groups is 2. The number of aliphatic hydroxyl groups is 1. The van der Waals surface area contributed by atoms with Crippen molar-refractivity contribution in [1.29, 1.82) is 0 Å². The first-order chi connectivity index (χ1) is 47.4. The standard InChI is InChI=1S/C79H154O17P2/c1-7-10-12-14-16-18-20-21-22-28-31-35-38-42-49-55-61-76(81)89-67-74(95-79(84)64-58-52-44-40-36-32-29-26-24-23-25-27-30-34-37-41-48-54-60-72(6)9-3)69-93-97(85,86)91-65-73(80)66-92-98(87,88)94-70-75(68-90-77(82)62-56-50-46-45-47-53-59-71(4)5)96-78(83)63-57-51-43-39-33-19-17-15-13-11-8-2/h71-75,80H,7-70H2,1-6H3,(H,85,86)(H,87,88)/t72?,73-,74-,75-/m1/s1. The van der Waals surface area contributed by atoms with Crippen LogP contribution in [0.15, 0.2) is 0 Å². The average molecular weight is 1440 g/mol. The zero-order valence-corrected chi connectivity index (χ0v) is 65.9. The first-order valence-electron chi connectivity index (χ1n) is 41.0. The molecule has 19 heteroatoms. The Hall–Kier alpha value is -1.94. The van der Waals surface area contributed by atoms with Gasteiger partial charge in [0.2, 0.25) is 0 Å². The second-order valence-electron chi connectivity index (χ2n) is 29.2. The van der Waals surface area contributed by atoms with Gasteiger partial charge in [0.15, 0.2) is 12.2 Å². The molecule has 0 rings (SSSR count). The van der Waals surface area contributed by atoms with Gasteiger partial charge in [-0.3, -0.25) is 37.3 Å². The Morgan fingerprint density at radius 3 is 0.776 bits per heavy atom. The summed E-state index contributed by atoms with van der Waals surface area (Å²) < 4.78 is 68.5. The van der Waals surface area contributed by atoms with Gasteiger partial charge in [0, 0.05) is 25.7 Å². The SMILES string of the molecule is CCCCCCCCCCCCCCCCCCC(=O)OC[C@H](COP(=O)(O)OC[C@@H](O)COP(=O)(O)OC[C@@H](COC(=O)CCCCCCCCC(C)C)OC(=O)CCCCCCCCCCCCC)OC(=O)CCCCCCCCCCCCCCCCCCCCC(C)CC. The van der Waals surface area contributed by atoms with Crippen molar-refractivity contribution in [3.8, 4) is 0 Å². The maximum absolute atomic E-state index is 13.1. The summed E-state index contributed by atoms with van der Waals surface area (Å²) in [4.78, 5) is 72.8. The number of aliphatic hydroxyl groups excluding tert-OH is 1. The van der Waals surface area contributed by atoms with E-state index in [2.05, 4.69) is 41.5 Å². The third-order valence-corrected chi connectivity index (χ3v) is 20.7. The van der Waals surface area contributed by atoms with Crippen LogP contribution in [0.25, 0.3) is 0 Å². The Labute approximate surface area is 600 Å². The molecule has 0 fully saturated rings. The number of esters is 4. The number of carbonyl (C=O) groups excluding carboxylic acids is 4. The molecule has 3 unspecified atom stereocenters. The van der Waals surface area contributed by atoms with Crippen molar-refractivity contribution < 1.29 is 80.2 Å². The molecule has 0 saturated heterocycles. The Bertz CT molecular complexity index is 1890. The highest BCUT2D eigenvalue weighted by atomic mass is 31.2. The van der Waals surface area contributed by atoms with Gasteiger partial charge in [-0.15, -0.1) is 0 Å². The van der Waals surface area contributed by atoms with E-state index >= 15 is 0 Å². The largest absolute Gasteiger partial charge is 0.472 e. The fourth-order valence-corrected chi connectivity index (χ4v) is 13.7. The molecular formula is C79H154O17P2. The molecule has 0 spiro atoms. The van der Waals surface area contributed by atoms with Crippen molar-refractivity contribution in [1.82, 2.24) is 0 Å². The lowest BCUT2D eigenvalue weighted by Crippen LogP contribution is -2.30. The molecule has 0 aliphatic heterocycles. The van der Waals surface area contributed by atoms with E-state index in [9.17, 15) is 43.2 Å². The number of hydrogen-bond donors (Lipinski definition) is 3. The normalized spacial score (nSPS) is 14.2. The summed E-state index contributed by atoms with van der Waals surface area (Å²) in [7, 11) is -9.91. The zero-order chi connectivity index (χ0) is 72.1. The highest BCUT2D eigenvalue weighted by molar-refractivity contribution is 7.47. The summed E-state index contributed by atoms with van der Waals surface area (Å²) in [6.45, 7) is 9.60. The number of ether oxygens (including phenoxy) is 4. The van der Waals surface area contributed by atoms with Crippen LogP contribution in [0.1, 0.15) is 414 Å². The molecule has 0 saturated carbocycles. The van der Waals surface area contributed by atoms with Crippen LogP contribution in [0.2, 0.25) is 0 Å². The summed E-state index contributed by atoms with van der Waals surface area (Å²) in [5.41, 5.74) is 0. The van der Waals surface area contributed by atoms with Gasteiger partial charge in [0.05, 0.1) is 26.4 Å².